The molecule has 0 atom stereocenters. The van der Waals surface area contributed by atoms with Gasteiger partial charge in [0.15, 0.2) is 0 Å². The van der Waals surface area contributed by atoms with Crippen molar-refractivity contribution in [3.63, 3.8) is 0 Å². The molecule has 0 unspecified atom stereocenters. The molecule has 168 valence electrons. The Hall–Kier alpha value is -2.30. The van der Waals surface area contributed by atoms with Crippen LogP contribution in [0.1, 0.15) is 15.9 Å². The molecule has 0 spiro atoms. The third-order valence-electron chi connectivity index (χ3n) is 5.01. The summed E-state index contributed by atoms with van der Waals surface area (Å²) in [6.45, 7) is 0.129. The molecule has 1 saturated heterocycles. The van der Waals surface area contributed by atoms with Crippen LogP contribution in [-0.2, 0) is 16.2 Å². The second-order valence-corrected chi connectivity index (χ2v) is 9.60. The number of hydrogen-bond acceptors (Lipinski definition) is 4. The third-order valence-corrected chi connectivity index (χ3v) is 7.39. The Kier molecular flexibility index (Phi) is 6.54. The number of nitrogens with zero attached hydrogens (tertiary/aromatic N) is 3. The van der Waals surface area contributed by atoms with E-state index in [9.17, 15) is 26.4 Å². The van der Waals surface area contributed by atoms with E-state index in [0.717, 1.165) is 22.1 Å². The number of hydrogen-bond donors (Lipinski definition) is 0. The van der Waals surface area contributed by atoms with E-state index in [0.29, 0.717) is 11.6 Å². The molecular weight excluding hydrogens is 455 g/mol. The van der Waals surface area contributed by atoms with Crippen LogP contribution in [0.3, 0.4) is 0 Å². The number of carbonyl (C=O) groups excluding carboxylic acids is 1. The van der Waals surface area contributed by atoms with Gasteiger partial charge in [-0.15, -0.1) is 0 Å². The molecule has 1 heterocycles. The molecule has 1 aliphatic heterocycles. The first kappa shape index (κ1) is 23.4. The Morgan fingerprint density at radius 2 is 1.68 bits per heavy atom. The smallest absolute Gasteiger partial charge is 0.378 e. The quantitative estimate of drug-likeness (QED) is 0.678. The van der Waals surface area contributed by atoms with Gasteiger partial charge in [-0.25, -0.2) is 8.42 Å². The predicted octanol–water partition coefficient (Wildman–Crippen LogP) is 3.57. The molecule has 1 fully saturated rings. The molecule has 1 aliphatic rings. The molecule has 0 N–H and O–H groups in total. The molecule has 0 saturated carbocycles. The summed E-state index contributed by atoms with van der Waals surface area (Å²) in [7, 11) is -0.544. The topological polar surface area (TPSA) is 60.9 Å². The molecule has 3 rings (SSSR count). The van der Waals surface area contributed by atoms with Crippen LogP contribution in [0.15, 0.2) is 47.4 Å². The highest BCUT2D eigenvalue weighted by molar-refractivity contribution is 7.89. The van der Waals surface area contributed by atoms with Gasteiger partial charge in [-0.05, 0) is 36.4 Å². The van der Waals surface area contributed by atoms with Crippen LogP contribution in [-0.4, -0.2) is 63.8 Å². The number of piperazine rings is 1. The summed E-state index contributed by atoms with van der Waals surface area (Å²) >= 11 is 5.91. The van der Waals surface area contributed by atoms with Gasteiger partial charge in [0.1, 0.15) is 4.90 Å². The zero-order chi connectivity index (χ0) is 23.0. The van der Waals surface area contributed by atoms with Crippen LogP contribution in [0.2, 0.25) is 5.02 Å². The lowest BCUT2D eigenvalue weighted by Gasteiger charge is -2.34. The molecule has 31 heavy (non-hydrogen) atoms. The number of amides is 1. The minimum atomic E-state index is -4.69. The van der Waals surface area contributed by atoms with Gasteiger partial charge < -0.3 is 9.80 Å². The van der Waals surface area contributed by atoms with Crippen LogP contribution < -0.4 is 4.90 Å². The molecule has 11 heteroatoms. The lowest BCUT2D eigenvalue weighted by atomic mass is 10.1. The fraction of sp³-hybridized carbons (Fsp3) is 0.350. The molecule has 6 nitrogen and oxygen atoms in total. The highest BCUT2D eigenvalue weighted by Gasteiger charge is 2.36. The van der Waals surface area contributed by atoms with Crippen molar-refractivity contribution in [1.29, 1.82) is 0 Å². The van der Waals surface area contributed by atoms with Gasteiger partial charge in [-0.3, -0.25) is 4.79 Å². The van der Waals surface area contributed by atoms with Crippen molar-refractivity contribution in [2.24, 2.45) is 0 Å². The minimum absolute atomic E-state index is 0.0476. The lowest BCUT2D eigenvalue weighted by Crippen LogP contribution is -2.50. The molecule has 1 amide bonds. The number of rotatable bonds is 4. The summed E-state index contributed by atoms with van der Waals surface area (Å²) in [5, 5.41) is -0.285. The fourth-order valence-corrected chi connectivity index (χ4v) is 5.17. The van der Waals surface area contributed by atoms with Crippen molar-refractivity contribution >= 4 is 33.2 Å². The van der Waals surface area contributed by atoms with Crippen LogP contribution in [0, 0.1) is 0 Å². The summed E-state index contributed by atoms with van der Waals surface area (Å²) in [5.41, 5.74) is 0.236. The SMILES string of the molecule is CN(C)c1cccc(C(=O)N2CCN(S(=O)(=O)c3cc(C(F)(F)F)ccc3Cl)CC2)c1. The molecule has 2 aromatic carbocycles. The summed E-state index contributed by atoms with van der Waals surface area (Å²) < 4.78 is 65.9. The average Bonchev–Trinajstić information content (AvgIpc) is 2.72. The second kappa shape index (κ2) is 8.68. The Labute approximate surface area is 183 Å². The van der Waals surface area contributed by atoms with E-state index >= 15 is 0 Å². The van der Waals surface area contributed by atoms with Crippen molar-refractivity contribution < 1.29 is 26.4 Å². The van der Waals surface area contributed by atoms with Crippen molar-refractivity contribution in [1.82, 2.24) is 9.21 Å². The highest BCUT2D eigenvalue weighted by atomic mass is 35.5. The summed E-state index contributed by atoms with van der Waals surface area (Å²) in [4.78, 5) is 15.6. The first-order valence-corrected chi connectivity index (χ1v) is 11.2. The molecule has 0 bridgehead atoms. The van der Waals surface area contributed by atoms with Crippen LogP contribution in [0.4, 0.5) is 18.9 Å². The summed E-state index contributed by atoms with van der Waals surface area (Å²) in [6, 6.07) is 9.25. The van der Waals surface area contributed by atoms with Gasteiger partial charge in [-0.1, -0.05) is 17.7 Å². The Bertz CT molecular complexity index is 1080. The van der Waals surface area contributed by atoms with E-state index in [4.69, 9.17) is 11.6 Å². The number of carbonyl (C=O) groups is 1. The van der Waals surface area contributed by atoms with Gasteiger partial charge >= 0.3 is 6.18 Å². The monoisotopic (exact) mass is 475 g/mol. The maximum Gasteiger partial charge on any atom is 0.416 e. The number of benzene rings is 2. The Balaban J connectivity index is 1.76. The van der Waals surface area contributed by atoms with E-state index in [2.05, 4.69) is 0 Å². The molecule has 0 aromatic heterocycles. The molecule has 0 radical (unpaired) electrons. The van der Waals surface area contributed by atoms with Crippen molar-refractivity contribution in [2.45, 2.75) is 11.1 Å². The predicted molar refractivity (Wildman–Crippen MR) is 112 cm³/mol. The van der Waals surface area contributed by atoms with Crippen molar-refractivity contribution in [3.8, 4) is 0 Å². The highest BCUT2D eigenvalue weighted by Crippen LogP contribution is 2.34. The summed E-state index contributed by atoms with van der Waals surface area (Å²) in [5.74, 6) is -0.238. The van der Waals surface area contributed by atoms with Gasteiger partial charge in [0, 0.05) is 51.5 Å². The zero-order valence-electron chi connectivity index (χ0n) is 16.9. The number of anilines is 1. The second-order valence-electron chi connectivity index (χ2n) is 7.28. The third kappa shape index (κ3) is 4.97. The van der Waals surface area contributed by atoms with E-state index in [1.165, 1.54) is 4.90 Å². The first-order chi connectivity index (χ1) is 14.4. The molecule has 2 aromatic rings. The largest absolute Gasteiger partial charge is 0.416 e. The number of sulfonamides is 1. The Morgan fingerprint density at radius 1 is 1.03 bits per heavy atom. The normalized spacial score (nSPS) is 15.7. The van der Waals surface area contributed by atoms with Crippen molar-refractivity contribution in [3.05, 3.63) is 58.6 Å². The molecule has 0 aliphatic carbocycles. The van der Waals surface area contributed by atoms with Crippen LogP contribution in [0.25, 0.3) is 0 Å². The average molecular weight is 476 g/mol. The van der Waals surface area contributed by atoms with E-state index in [1.807, 2.05) is 25.1 Å². The van der Waals surface area contributed by atoms with Crippen LogP contribution in [0.5, 0.6) is 0 Å². The van der Waals surface area contributed by atoms with Gasteiger partial charge in [0.25, 0.3) is 5.91 Å². The number of halogens is 4. The van der Waals surface area contributed by atoms with Crippen LogP contribution >= 0.6 is 11.6 Å². The zero-order valence-corrected chi connectivity index (χ0v) is 18.4. The summed E-state index contributed by atoms with van der Waals surface area (Å²) in [6.07, 6.45) is -4.69. The number of alkyl halides is 3. The van der Waals surface area contributed by atoms with Gasteiger partial charge in [0.2, 0.25) is 10.0 Å². The fourth-order valence-electron chi connectivity index (χ4n) is 3.25. The van der Waals surface area contributed by atoms with E-state index in [-0.39, 0.29) is 37.1 Å². The maximum atomic E-state index is 13.0. The first-order valence-electron chi connectivity index (χ1n) is 9.35. The van der Waals surface area contributed by atoms with Gasteiger partial charge in [-0.2, -0.15) is 17.5 Å². The van der Waals surface area contributed by atoms with Gasteiger partial charge in [0.05, 0.1) is 10.6 Å². The molecular formula is C20H21ClF3N3O3S. The standard InChI is InChI=1S/C20H21ClF3N3O3S/c1-25(2)16-5-3-4-14(12-16)19(28)26-8-10-27(11-9-26)31(29,30)18-13-15(20(22,23)24)6-7-17(18)21/h3-7,12-13H,8-11H2,1-2H3. The Morgan fingerprint density at radius 3 is 2.26 bits per heavy atom. The minimum Gasteiger partial charge on any atom is -0.378 e. The maximum absolute atomic E-state index is 13.0. The van der Waals surface area contributed by atoms with Crippen molar-refractivity contribution in [2.75, 3.05) is 45.2 Å². The lowest BCUT2D eigenvalue weighted by molar-refractivity contribution is -0.137. The van der Waals surface area contributed by atoms with E-state index < -0.39 is 26.7 Å². The van der Waals surface area contributed by atoms with E-state index in [1.54, 1.807) is 18.2 Å².